The molecule has 0 bridgehead atoms. The molecule has 2 atom stereocenters. The second-order valence-corrected chi connectivity index (χ2v) is 3.06. The molecule has 1 saturated heterocycles. The first kappa shape index (κ1) is 10.3. The molecule has 1 rings (SSSR count). The van der Waals surface area contributed by atoms with Gasteiger partial charge in [0.15, 0.2) is 6.04 Å². The number of cyclic esters (lactones) is 1. The van der Waals surface area contributed by atoms with Crippen molar-refractivity contribution in [2.24, 2.45) is 0 Å². The quantitative estimate of drug-likeness (QED) is 0.461. The van der Waals surface area contributed by atoms with Gasteiger partial charge in [0.2, 0.25) is 5.91 Å². The molecule has 0 saturated carbocycles. The number of rotatable bonds is 3. The maximum absolute atomic E-state index is 11.0. The second-order valence-electron chi connectivity index (χ2n) is 2.68. The molecule has 0 radical (unpaired) electrons. The van der Waals surface area contributed by atoms with Crippen molar-refractivity contribution in [1.29, 1.82) is 0 Å². The van der Waals surface area contributed by atoms with Crippen LogP contribution in [0.2, 0.25) is 0 Å². The molecule has 1 heterocycles. The van der Waals surface area contributed by atoms with Crippen LogP contribution < -0.4 is 5.32 Å². The van der Waals surface area contributed by atoms with Crippen LogP contribution >= 0.6 is 11.6 Å². The van der Waals surface area contributed by atoms with E-state index in [9.17, 15) is 14.7 Å². The standard InChI is InChI=1S/C7H10ClNO4/c8-2-1-5(11)9-6-4(10)3-13-7(6)12/h4,6,10H,1-3H2,(H,9,11). The van der Waals surface area contributed by atoms with Gasteiger partial charge >= 0.3 is 5.97 Å². The molecule has 0 aromatic rings. The molecule has 74 valence electrons. The summed E-state index contributed by atoms with van der Waals surface area (Å²) in [5.41, 5.74) is 0. The first-order valence-corrected chi connectivity index (χ1v) is 4.38. The molecule has 1 amide bonds. The number of hydrogen-bond donors (Lipinski definition) is 2. The number of ether oxygens (including phenoxy) is 1. The number of aliphatic hydroxyl groups excluding tert-OH is 1. The van der Waals surface area contributed by atoms with E-state index in [0.29, 0.717) is 0 Å². The SMILES string of the molecule is O=C(CCCl)NC1C(=O)OCC1O. The highest BCUT2D eigenvalue weighted by Gasteiger charge is 2.36. The number of halogens is 1. The van der Waals surface area contributed by atoms with Crippen molar-refractivity contribution in [2.45, 2.75) is 18.6 Å². The molecular formula is C7H10ClNO4. The Balaban J connectivity index is 2.43. The number of aliphatic hydroxyl groups is 1. The Labute approximate surface area is 80.0 Å². The zero-order chi connectivity index (χ0) is 9.84. The predicted octanol–water partition coefficient (Wildman–Crippen LogP) is -0.982. The molecule has 13 heavy (non-hydrogen) atoms. The van der Waals surface area contributed by atoms with Crippen LogP contribution in [0.4, 0.5) is 0 Å². The zero-order valence-corrected chi connectivity index (χ0v) is 7.58. The molecule has 2 N–H and O–H groups in total. The van der Waals surface area contributed by atoms with E-state index in [1.165, 1.54) is 0 Å². The van der Waals surface area contributed by atoms with Gasteiger partial charge in [-0.15, -0.1) is 11.6 Å². The highest BCUT2D eigenvalue weighted by molar-refractivity contribution is 6.18. The Morgan fingerprint density at radius 3 is 2.92 bits per heavy atom. The second kappa shape index (κ2) is 4.43. The van der Waals surface area contributed by atoms with Gasteiger partial charge in [0.05, 0.1) is 0 Å². The van der Waals surface area contributed by atoms with Gasteiger partial charge < -0.3 is 15.2 Å². The van der Waals surface area contributed by atoms with Gasteiger partial charge in [-0.1, -0.05) is 0 Å². The molecule has 0 spiro atoms. The normalized spacial score (nSPS) is 27.1. The van der Waals surface area contributed by atoms with E-state index in [4.69, 9.17) is 11.6 Å². The van der Waals surface area contributed by atoms with Crippen molar-refractivity contribution in [3.05, 3.63) is 0 Å². The minimum absolute atomic E-state index is 0.0648. The number of carbonyl (C=O) groups is 2. The van der Waals surface area contributed by atoms with Gasteiger partial charge in [0, 0.05) is 12.3 Å². The Morgan fingerprint density at radius 1 is 1.77 bits per heavy atom. The van der Waals surface area contributed by atoms with Crippen LogP contribution in [0.3, 0.4) is 0 Å². The molecule has 2 unspecified atom stereocenters. The Hall–Kier alpha value is -0.810. The van der Waals surface area contributed by atoms with Crippen molar-refractivity contribution < 1.29 is 19.4 Å². The summed E-state index contributed by atoms with van der Waals surface area (Å²) >= 11 is 5.32. The summed E-state index contributed by atoms with van der Waals surface area (Å²) in [7, 11) is 0. The van der Waals surface area contributed by atoms with Crippen molar-refractivity contribution in [3.63, 3.8) is 0 Å². The summed E-state index contributed by atoms with van der Waals surface area (Å²) in [6.07, 6.45) is -0.829. The number of esters is 1. The van der Waals surface area contributed by atoms with Crippen molar-refractivity contribution in [1.82, 2.24) is 5.32 Å². The van der Waals surface area contributed by atoms with E-state index in [0.717, 1.165) is 0 Å². The average molecular weight is 208 g/mol. The summed E-state index contributed by atoms with van der Waals surface area (Å²) in [5, 5.41) is 11.5. The lowest BCUT2D eigenvalue weighted by atomic mass is 10.2. The van der Waals surface area contributed by atoms with E-state index in [-0.39, 0.29) is 24.8 Å². The first-order valence-electron chi connectivity index (χ1n) is 3.85. The third-order valence-electron chi connectivity index (χ3n) is 1.67. The van der Waals surface area contributed by atoms with E-state index in [2.05, 4.69) is 10.1 Å². The van der Waals surface area contributed by atoms with E-state index < -0.39 is 18.1 Å². The lowest BCUT2D eigenvalue weighted by Crippen LogP contribution is -2.44. The van der Waals surface area contributed by atoms with Crippen LogP contribution in [0.1, 0.15) is 6.42 Å². The smallest absolute Gasteiger partial charge is 0.331 e. The largest absolute Gasteiger partial charge is 0.461 e. The molecule has 0 aliphatic carbocycles. The van der Waals surface area contributed by atoms with Gasteiger partial charge in [-0.3, -0.25) is 4.79 Å². The van der Waals surface area contributed by atoms with Crippen LogP contribution in [0.25, 0.3) is 0 Å². The van der Waals surface area contributed by atoms with Gasteiger partial charge in [-0.25, -0.2) is 4.79 Å². The van der Waals surface area contributed by atoms with E-state index in [1.807, 2.05) is 0 Å². The molecular weight excluding hydrogens is 198 g/mol. The summed E-state index contributed by atoms with van der Waals surface area (Å²) in [6, 6.07) is -0.935. The molecule has 1 aliphatic heterocycles. The topological polar surface area (TPSA) is 75.6 Å². The van der Waals surface area contributed by atoms with Crippen LogP contribution in [0.15, 0.2) is 0 Å². The maximum Gasteiger partial charge on any atom is 0.331 e. The predicted molar refractivity (Wildman–Crippen MR) is 44.2 cm³/mol. The van der Waals surface area contributed by atoms with E-state index >= 15 is 0 Å². The highest BCUT2D eigenvalue weighted by atomic mass is 35.5. The lowest BCUT2D eigenvalue weighted by molar-refractivity contribution is -0.141. The van der Waals surface area contributed by atoms with E-state index in [1.54, 1.807) is 0 Å². The molecule has 0 aromatic carbocycles. The third kappa shape index (κ3) is 2.57. The van der Waals surface area contributed by atoms with Gasteiger partial charge in [0.25, 0.3) is 0 Å². The molecule has 1 fully saturated rings. The first-order chi connectivity index (χ1) is 6.15. The fourth-order valence-electron chi connectivity index (χ4n) is 0.997. The summed E-state index contributed by atoms with van der Waals surface area (Å²) in [4.78, 5) is 21.9. The van der Waals surface area contributed by atoms with Gasteiger partial charge in [0.1, 0.15) is 12.7 Å². The minimum atomic E-state index is -0.952. The van der Waals surface area contributed by atoms with Crippen LogP contribution in [0.5, 0.6) is 0 Å². The molecule has 0 aromatic heterocycles. The lowest BCUT2D eigenvalue weighted by Gasteiger charge is -2.10. The van der Waals surface area contributed by atoms with Crippen LogP contribution in [-0.2, 0) is 14.3 Å². The number of alkyl halides is 1. The van der Waals surface area contributed by atoms with Crippen LogP contribution in [0, 0.1) is 0 Å². The Morgan fingerprint density at radius 2 is 2.46 bits per heavy atom. The number of hydrogen-bond acceptors (Lipinski definition) is 4. The summed E-state index contributed by atoms with van der Waals surface area (Å²) < 4.78 is 4.52. The van der Waals surface area contributed by atoms with Gasteiger partial charge in [-0.05, 0) is 0 Å². The summed E-state index contributed by atoms with van der Waals surface area (Å²) in [6.45, 7) is -0.0648. The summed E-state index contributed by atoms with van der Waals surface area (Å²) in [5.74, 6) is -0.780. The fourth-order valence-corrected chi connectivity index (χ4v) is 1.17. The monoisotopic (exact) mass is 207 g/mol. The van der Waals surface area contributed by atoms with Crippen molar-refractivity contribution >= 4 is 23.5 Å². The number of nitrogens with one attached hydrogen (secondary N) is 1. The molecule has 1 aliphatic rings. The van der Waals surface area contributed by atoms with Crippen molar-refractivity contribution in [3.8, 4) is 0 Å². The number of carbonyl (C=O) groups excluding carboxylic acids is 2. The average Bonchev–Trinajstić information content (AvgIpc) is 2.36. The van der Waals surface area contributed by atoms with Crippen molar-refractivity contribution in [2.75, 3.05) is 12.5 Å². The zero-order valence-electron chi connectivity index (χ0n) is 6.83. The molecule has 5 nitrogen and oxygen atoms in total. The number of amides is 1. The third-order valence-corrected chi connectivity index (χ3v) is 1.86. The maximum atomic E-state index is 11.0. The fraction of sp³-hybridized carbons (Fsp3) is 0.714. The van der Waals surface area contributed by atoms with Crippen LogP contribution in [-0.4, -0.2) is 41.6 Å². The van der Waals surface area contributed by atoms with Gasteiger partial charge in [-0.2, -0.15) is 0 Å². The highest BCUT2D eigenvalue weighted by Crippen LogP contribution is 2.07. The molecule has 6 heteroatoms. The Bertz CT molecular complexity index is 221. The minimum Gasteiger partial charge on any atom is -0.461 e. The Kier molecular flexibility index (Phi) is 3.50.